The number of pyridine rings is 1. The van der Waals surface area contributed by atoms with Crippen molar-refractivity contribution in [1.29, 1.82) is 0 Å². The Labute approximate surface area is 189 Å². The van der Waals surface area contributed by atoms with Gasteiger partial charge in [0.05, 0.1) is 22.5 Å². The van der Waals surface area contributed by atoms with Gasteiger partial charge in [-0.25, -0.2) is 14.4 Å². The number of fused-ring (bicyclic) bond motifs is 1. The summed E-state index contributed by atoms with van der Waals surface area (Å²) in [5.74, 6) is -0.0770. The Morgan fingerprint density at radius 1 is 1.25 bits per heavy atom. The van der Waals surface area contributed by atoms with E-state index in [9.17, 15) is 14.0 Å². The number of likely N-dealkylation sites (tertiary alicyclic amines) is 1. The van der Waals surface area contributed by atoms with Crippen molar-refractivity contribution in [2.24, 2.45) is 11.8 Å². The molecule has 10 heteroatoms. The lowest BCUT2D eigenvalue weighted by Gasteiger charge is -2.39. The van der Waals surface area contributed by atoms with Crippen LogP contribution in [0.15, 0.2) is 29.9 Å². The van der Waals surface area contributed by atoms with Gasteiger partial charge in [0.15, 0.2) is 5.69 Å². The van der Waals surface area contributed by atoms with Crippen LogP contribution in [0.25, 0.3) is 10.2 Å². The molecule has 3 aromatic rings. The predicted octanol–water partition coefficient (Wildman–Crippen LogP) is 3.24. The number of nitrogens with one attached hydrogen (secondary N) is 2. The van der Waals surface area contributed by atoms with Gasteiger partial charge in [-0.2, -0.15) is 0 Å². The van der Waals surface area contributed by atoms with Crippen LogP contribution in [-0.4, -0.2) is 51.3 Å². The molecule has 1 fully saturated rings. The number of nitrogens with zero attached hydrogens (tertiary/aromatic N) is 4. The van der Waals surface area contributed by atoms with Crippen LogP contribution >= 0.6 is 11.3 Å². The van der Waals surface area contributed by atoms with Crippen molar-refractivity contribution in [3.05, 3.63) is 47.0 Å². The first-order valence-electron chi connectivity index (χ1n) is 10.5. The Hall–Kier alpha value is -3.14. The van der Waals surface area contributed by atoms with Crippen LogP contribution in [0.1, 0.15) is 42.9 Å². The Morgan fingerprint density at radius 3 is 2.75 bits per heavy atom. The maximum absolute atomic E-state index is 13.5. The Bertz CT molecular complexity index is 1140. The van der Waals surface area contributed by atoms with Crippen molar-refractivity contribution in [3.8, 4) is 0 Å². The Balaban J connectivity index is 1.46. The minimum atomic E-state index is -0.418. The highest BCUT2D eigenvalue weighted by molar-refractivity contribution is 7.17. The van der Waals surface area contributed by atoms with E-state index in [-0.39, 0.29) is 29.7 Å². The van der Waals surface area contributed by atoms with Crippen molar-refractivity contribution in [3.63, 3.8) is 0 Å². The molecule has 1 aliphatic rings. The van der Waals surface area contributed by atoms with E-state index in [2.05, 4.69) is 25.6 Å². The summed E-state index contributed by atoms with van der Waals surface area (Å²) in [6.45, 7) is 7.26. The van der Waals surface area contributed by atoms with E-state index in [1.54, 1.807) is 11.1 Å². The number of amides is 2. The fraction of sp³-hybridized carbons (Fsp3) is 0.409. The molecule has 8 nitrogen and oxygen atoms in total. The van der Waals surface area contributed by atoms with Crippen molar-refractivity contribution in [2.75, 3.05) is 25.0 Å². The van der Waals surface area contributed by atoms with E-state index >= 15 is 0 Å². The zero-order chi connectivity index (χ0) is 22.8. The van der Waals surface area contributed by atoms with Gasteiger partial charge in [0.2, 0.25) is 11.9 Å². The number of halogens is 1. The normalized spacial score (nSPS) is 15.0. The second kappa shape index (κ2) is 9.15. The van der Waals surface area contributed by atoms with Crippen LogP contribution in [0, 0.1) is 17.7 Å². The van der Waals surface area contributed by atoms with Gasteiger partial charge in [0.1, 0.15) is 5.82 Å². The van der Waals surface area contributed by atoms with Crippen LogP contribution in [0.4, 0.5) is 10.3 Å². The standard InChI is InChI=1S/C22H25FN6O2S/c1-12(2)20(30)25-7-14-10-29(11-14)21(31)18-19-17(4-5-32-19)27-22(28-18)26-13(3)15-6-16(23)9-24-8-15/h4-6,8-9,12-14H,7,10-11H2,1-3H3,(H,25,30)(H,26,27,28). The second-order valence-corrected chi connectivity index (χ2v) is 9.23. The van der Waals surface area contributed by atoms with E-state index in [1.165, 1.54) is 17.4 Å². The van der Waals surface area contributed by atoms with Crippen LogP contribution in [0.3, 0.4) is 0 Å². The Kier molecular flexibility index (Phi) is 6.31. The van der Waals surface area contributed by atoms with E-state index in [1.807, 2.05) is 32.2 Å². The average molecular weight is 457 g/mol. The molecular weight excluding hydrogens is 431 g/mol. The first-order chi connectivity index (χ1) is 15.3. The molecule has 2 amide bonds. The van der Waals surface area contributed by atoms with E-state index in [0.29, 0.717) is 42.4 Å². The largest absolute Gasteiger partial charge is 0.355 e. The minimum absolute atomic E-state index is 0.0178. The van der Waals surface area contributed by atoms with Gasteiger partial charge in [0, 0.05) is 37.7 Å². The van der Waals surface area contributed by atoms with Gasteiger partial charge in [0.25, 0.3) is 5.91 Å². The van der Waals surface area contributed by atoms with Crippen molar-refractivity contribution in [1.82, 2.24) is 25.2 Å². The smallest absolute Gasteiger partial charge is 0.274 e. The van der Waals surface area contributed by atoms with Crippen molar-refractivity contribution < 1.29 is 14.0 Å². The third-order valence-electron chi connectivity index (χ3n) is 5.41. The molecule has 0 spiro atoms. The number of hydrogen-bond donors (Lipinski definition) is 2. The summed E-state index contributed by atoms with van der Waals surface area (Å²) in [5.41, 5.74) is 1.68. The maximum atomic E-state index is 13.5. The summed E-state index contributed by atoms with van der Waals surface area (Å²) in [5, 5.41) is 7.94. The molecule has 3 aromatic heterocycles. The highest BCUT2D eigenvalue weighted by Crippen LogP contribution is 2.28. The summed E-state index contributed by atoms with van der Waals surface area (Å²) in [7, 11) is 0. The molecule has 4 heterocycles. The fourth-order valence-corrected chi connectivity index (χ4v) is 4.29. The lowest BCUT2D eigenvalue weighted by Crippen LogP contribution is -2.54. The van der Waals surface area contributed by atoms with Crippen LogP contribution in [0.2, 0.25) is 0 Å². The molecule has 168 valence electrons. The quantitative estimate of drug-likeness (QED) is 0.566. The van der Waals surface area contributed by atoms with Crippen molar-refractivity contribution >= 4 is 39.3 Å². The summed E-state index contributed by atoms with van der Waals surface area (Å²) >= 11 is 1.42. The van der Waals surface area contributed by atoms with Gasteiger partial charge >= 0.3 is 0 Å². The molecule has 0 aromatic carbocycles. The number of anilines is 1. The first-order valence-corrected chi connectivity index (χ1v) is 11.4. The number of carbonyl (C=O) groups is 2. The van der Waals surface area contributed by atoms with Gasteiger partial charge in [-0.1, -0.05) is 13.8 Å². The molecular formula is C22H25FN6O2S. The van der Waals surface area contributed by atoms with E-state index in [4.69, 9.17) is 0 Å². The molecule has 4 rings (SSSR count). The van der Waals surface area contributed by atoms with Gasteiger partial charge < -0.3 is 15.5 Å². The van der Waals surface area contributed by atoms with Gasteiger partial charge in [-0.3, -0.25) is 14.6 Å². The molecule has 1 unspecified atom stereocenters. The highest BCUT2D eigenvalue weighted by atomic mass is 32.1. The monoisotopic (exact) mass is 456 g/mol. The topological polar surface area (TPSA) is 100 Å². The third-order valence-corrected chi connectivity index (χ3v) is 6.32. The van der Waals surface area contributed by atoms with E-state index in [0.717, 1.165) is 10.9 Å². The minimum Gasteiger partial charge on any atom is -0.355 e. The number of carbonyl (C=O) groups excluding carboxylic acids is 2. The van der Waals surface area contributed by atoms with Crippen LogP contribution in [0.5, 0.6) is 0 Å². The zero-order valence-corrected chi connectivity index (χ0v) is 18.9. The zero-order valence-electron chi connectivity index (χ0n) is 18.1. The number of hydrogen-bond acceptors (Lipinski definition) is 7. The lowest BCUT2D eigenvalue weighted by molar-refractivity contribution is -0.124. The Morgan fingerprint density at radius 2 is 2.03 bits per heavy atom. The maximum Gasteiger partial charge on any atom is 0.274 e. The summed E-state index contributed by atoms with van der Waals surface area (Å²) < 4.78 is 14.2. The van der Waals surface area contributed by atoms with Crippen LogP contribution < -0.4 is 10.6 Å². The average Bonchev–Trinajstić information content (AvgIpc) is 3.20. The highest BCUT2D eigenvalue weighted by Gasteiger charge is 2.33. The van der Waals surface area contributed by atoms with Crippen LogP contribution in [-0.2, 0) is 4.79 Å². The van der Waals surface area contributed by atoms with Gasteiger partial charge in [-0.05, 0) is 30.0 Å². The first kappa shape index (κ1) is 22.1. The predicted molar refractivity (Wildman–Crippen MR) is 121 cm³/mol. The number of aromatic nitrogens is 3. The van der Waals surface area contributed by atoms with E-state index < -0.39 is 5.82 Å². The molecule has 0 aliphatic carbocycles. The number of thiophene rings is 1. The summed E-state index contributed by atoms with van der Waals surface area (Å²) in [6, 6.07) is 2.95. The summed E-state index contributed by atoms with van der Waals surface area (Å²) in [4.78, 5) is 39.5. The molecule has 0 saturated carbocycles. The molecule has 0 bridgehead atoms. The lowest BCUT2D eigenvalue weighted by atomic mass is 9.99. The molecule has 1 atom stereocenters. The number of rotatable bonds is 7. The molecule has 0 radical (unpaired) electrons. The third kappa shape index (κ3) is 4.69. The fourth-order valence-electron chi connectivity index (χ4n) is 3.48. The molecule has 32 heavy (non-hydrogen) atoms. The second-order valence-electron chi connectivity index (χ2n) is 8.31. The molecule has 2 N–H and O–H groups in total. The van der Waals surface area contributed by atoms with Crippen molar-refractivity contribution in [2.45, 2.75) is 26.8 Å². The van der Waals surface area contributed by atoms with Gasteiger partial charge in [-0.15, -0.1) is 11.3 Å². The summed E-state index contributed by atoms with van der Waals surface area (Å²) in [6.07, 6.45) is 2.73. The molecule has 1 saturated heterocycles. The molecule has 1 aliphatic heterocycles. The SMILES string of the molecule is CC(C)C(=O)NCC1CN(C(=O)c2nc(NC(C)c3cncc(F)c3)nc3ccsc23)C1.